The van der Waals surface area contributed by atoms with Crippen LogP contribution < -0.4 is 4.74 Å². The predicted octanol–water partition coefficient (Wildman–Crippen LogP) is 3.51. The van der Waals surface area contributed by atoms with Crippen molar-refractivity contribution in [2.75, 3.05) is 33.3 Å². The predicted molar refractivity (Wildman–Crippen MR) is 113 cm³/mol. The average Bonchev–Trinajstić information content (AvgIpc) is 3.18. The van der Waals surface area contributed by atoms with Gasteiger partial charge in [0.1, 0.15) is 11.6 Å². The molecule has 0 bridgehead atoms. The van der Waals surface area contributed by atoms with Crippen molar-refractivity contribution in [2.45, 2.75) is 24.4 Å². The van der Waals surface area contributed by atoms with Gasteiger partial charge in [0.05, 0.1) is 29.1 Å². The summed E-state index contributed by atoms with van der Waals surface area (Å²) in [6.45, 7) is 0.502. The zero-order valence-corrected chi connectivity index (χ0v) is 18.1. The van der Waals surface area contributed by atoms with E-state index in [1.54, 1.807) is 36.4 Å². The van der Waals surface area contributed by atoms with Gasteiger partial charge in [0, 0.05) is 26.2 Å². The summed E-state index contributed by atoms with van der Waals surface area (Å²) in [5, 5.41) is 0. The number of halogens is 2. The monoisotopic (exact) mass is 450 g/mol. The van der Waals surface area contributed by atoms with Crippen molar-refractivity contribution < 1.29 is 21.9 Å². The maximum atomic E-state index is 13.8. The molecular formula is C21H24F2N4O3S. The van der Waals surface area contributed by atoms with E-state index in [-0.39, 0.29) is 29.9 Å². The zero-order chi connectivity index (χ0) is 22.2. The highest BCUT2D eigenvalue weighted by Crippen LogP contribution is 2.30. The maximum Gasteiger partial charge on any atom is 0.320 e. The van der Waals surface area contributed by atoms with Crippen molar-refractivity contribution in [1.82, 2.24) is 18.8 Å². The van der Waals surface area contributed by atoms with Crippen LogP contribution in [0.15, 0.2) is 53.4 Å². The number of methoxy groups -OCH3 is 1. The van der Waals surface area contributed by atoms with Crippen LogP contribution in [0.3, 0.4) is 0 Å². The van der Waals surface area contributed by atoms with E-state index >= 15 is 0 Å². The summed E-state index contributed by atoms with van der Waals surface area (Å²) in [6.07, 6.45) is 0. The second-order valence-corrected chi connectivity index (χ2v) is 9.34. The van der Waals surface area contributed by atoms with Crippen molar-refractivity contribution >= 4 is 21.1 Å². The number of rotatable bonds is 6. The Morgan fingerprint density at radius 1 is 1.00 bits per heavy atom. The number of aromatic nitrogens is 2. The van der Waals surface area contributed by atoms with Gasteiger partial charge in [-0.3, -0.25) is 9.47 Å². The van der Waals surface area contributed by atoms with Gasteiger partial charge in [0.2, 0.25) is 10.0 Å². The molecule has 3 aromatic rings. The Kier molecular flexibility index (Phi) is 5.96. The molecule has 2 aromatic carbocycles. The van der Waals surface area contributed by atoms with Crippen molar-refractivity contribution in [1.29, 1.82) is 0 Å². The second kappa shape index (κ2) is 8.52. The van der Waals surface area contributed by atoms with Crippen LogP contribution in [0.1, 0.15) is 25.3 Å². The number of imidazole rings is 1. The fourth-order valence-corrected chi connectivity index (χ4v) is 5.38. The SMILES string of the molecule is COc1ccc(S(=O)(=O)N2CCN(C(C)c3nc4ccccc4n3C(F)F)CC2)cc1. The lowest BCUT2D eigenvalue weighted by molar-refractivity contribution is 0.0616. The summed E-state index contributed by atoms with van der Waals surface area (Å²) in [7, 11) is -2.11. The van der Waals surface area contributed by atoms with Crippen LogP contribution >= 0.6 is 0 Å². The Bertz CT molecular complexity index is 1160. The van der Waals surface area contributed by atoms with E-state index in [0.717, 1.165) is 4.57 Å². The molecule has 0 aliphatic carbocycles. The fraction of sp³-hybridized carbons (Fsp3) is 0.381. The summed E-state index contributed by atoms with van der Waals surface area (Å²) >= 11 is 0. The smallest absolute Gasteiger partial charge is 0.320 e. The van der Waals surface area contributed by atoms with Crippen LogP contribution in [0, 0.1) is 0 Å². The normalized spacial score (nSPS) is 17.3. The van der Waals surface area contributed by atoms with Crippen molar-refractivity contribution in [3.05, 3.63) is 54.4 Å². The van der Waals surface area contributed by atoms with Crippen LogP contribution in [0.25, 0.3) is 11.0 Å². The molecule has 1 aliphatic heterocycles. The molecule has 0 amide bonds. The summed E-state index contributed by atoms with van der Waals surface area (Å²) in [4.78, 5) is 6.63. The third-order valence-electron chi connectivity index (χ3n) is 5.71. The number of hydrogen-bond acceptors (Lipinski definition) is 5. The van der Waals surface area contributed by atoms with Gasteiger partial charge in [-0.05, 0) is 43.3 Å². The molecule has 1 unspecified atom stereocenters. The lowest BCUT2D eigenvalue weighted by atomic mass is 10.2. The molecule has 2 heterocycles. The van der Waals surface area contributed by atoms with Crippen LogP contribution in [0.4, 0.5) is 8.78 Å². The number of benzene rings is 2. The van der Waals surface area contributed by atoms with Gasteiger partial charge >= 0.3 is 6.55 Å². The molecule has 166 valence electrons. The molecule has 1 atom stereocenters. The molecule has 7 nitrogen and oxygen atoms in total. The topological polar surface area (TPSA) is 67.7 Å². The summed E-state index contributed by atoms with van der Waals surface area (Å²) in [6, 6.07) is 12.7. The number of alkyl halides is 2. The number of para-hydroxylation sites is 2. The lowest BCUT2D eigenvalue weighted by Crippen LogP contribution is -2.49. The minimum Gasteiger partial charge on any atom is -0.497 e. The van der Waals surface area contributed by atoms with Crippen LogP contribution in [0.5, 0.6) is 5.75 Å². The first-order chi connectivity index (χ1) is 14.8. The van der Waals surface area contributed by atoms with Gasteiger partial charge in [-0.25, -0.2) is 13.4 Å². The Balaban J connectivity index is 1.51. The average molecular weight is 451 g/mol. The van der Waals surface area contributed by atoms with E-state index in [1.807, 2.05) is 11.8 Å². The van der Waals surface area contributed by atoms with Gasteiger partial charge in [-0.15, -0.1) is 0 Å². The Morgan fingerprint density at radius 2 is 1.65 bits per heavy atom. The molecule has 0 spiro atoms. The standard InChI is InChI=1S/C21H24F2N4O3S/c1-15(20-24-18-5-3-4-6-19(18)27(20)21(22)23)25-11-13-26(14-12-25)31(28,29)17-9-7-16(30-2)8-10-17/h3-10,15,21H,11-14H2,1-2H3. The Morgan fingerprint density at radius 3 is 2.26 bits per heavy atom. The molecule has 1 aliphatic rings. The molecule has 0 radical (unpaired) electrons. The van der Waals surface area contributed by atoms with E-state index in [1.165, 1.54) is 23.5 Å². The lowest BCUT2D eigenvalue weighted by Gasteiger charge is -2.37. The summed E-state index contributed by atoms with van der Waals surface area (Å²) in [5.41, 5.74) is 0.908. The number of fused-ring (bicyclic) bond motifs is 1. The fourth-order valence-electron chi connectivity index (χ4n) is 3.95. The summed E-state index contributed by atoms with van der Waals surface area (Å²) in [5.74, 6) is 0.863. The molecule has 31 heavy (non-hydrogen) atoms. The van der Waals surface area contributed by atoms with Crippen molar-refractivity contribution in [3.63, 3.8) is 0 Å². The third-order valence-corrected chi connectivity index (χ3v) is 7.62. The minimum absolute atomic E-state index is 0.203. The molecule has 1 saturated heterocycles. The maximum absolute atomic E-state index is 13.8. The van der Waals surface area contributed by atoms with Gasteiger partial charge in [-0.1, -0.05) is 12.1 Å². The van der Waals surface area contributed by atoms with Crippen LogP contribution in [0.2, 0.25) is 0 Å². The van der Waals surface area contributed by atoms with Crippen molar-refractivity contribution in [2.24, 2.45) is 0 Å². The summed E-state index contributed by atoms with van der Waals surface area (Å²) < 4.78 is 60.9. The highest BCUT2D eigenvalue weighted by Gasteiger charge is 2.32. The van der Waals surface area contributed by atoms with E-state index in [4.69, 9.17) is 4.74 Å². The highest BCUT2D eigenvalue weighted by atomic mass is 32.2. The quantitative estimate of drug-likeness (QED) is 0.575. The molecule has 1 fully saturated rings. The Hall–Kier alpha value is -2.56. The molecule has 10 heteroatoms. The molecule has 1 aromatic heterocycles. The van der Waals surface area contributed by atoms with Gasteiger partial charge in [0.15, 0.2) is 0 Å². The largest absolute Gasteiger partial charge is 0.497 e. The molecular weight excluding hydrogens is 426 g/mol. The highest BCUT2D eigenvalue weighted by molar-refractivity contribution is 7.89. The van der Waals surface area contributed by atoms with Gasteiger partial charge in [0.25, 0.3) is 0 Å². The number of nitrogens with zero attached hydrogens (tertiary/aromatic N) is 4. The van der Waals surface area contributed by atoms with Crippen LogP contribution in [-0.4, -0.2) is 60.5 Å². The first kappa shape index (κ1) is 21.7. The number of piperazine rings is 1. The van der Waals surface area contributed by atoms with Crippen LogP contribution in [-0.2, 0) is 10.0 Å². The van der Waals surface area contributed by atoms with Gasteiger partial charge in [-0.2, -0.15) is 13.1 Å². The molecule has 4 rings (SSSR count). The second-order valence-electron chi connectivity index (χ2n) is 7.40. The molecule has 0 N–H and O–H groups in total. The third kappa shape index (κ3) is 4.02. The first-order valence-electron chi connectivity index (χ1n) is 9.96. The molecule has 0 saturated carbocycles. The zero-order valence-electron chi connectivity index (χ0n) is 17.3. The Labute approximate surface area is 179 Å². The number of sulfonamides is 1. The minimum atomic E-state index is -3.63. The van der Waals surface area contributed by atoms with E-state index < -0.39 is 16.6 Å². The van der Waals surface area contributed by atoms with Crippen molar-refractivity contribution in [3.8, 4) is 5.75 Å². The van der Waals surface area contributed by atoms with Gasteiger partial charge < -0.3 is 4.74 Å². The van der Waals surface area contributed by atoms with E-state index in [0.29, 0.717) is 29.9 Å². The van der Waals surface area contributed by atoms with E-state index in [2.05, 4.69) is 4.98 Å². The first-order valence-corrected chi connectivity index (χ1v) is 11.4. The number of ether oxygens (including phenoxy) is 1. The number of hydrogen-bond donors (Lipinski definition) is 0. The van der Waals surface area contributed by atoms with E-state index in [9.17, 15) is 17.2 Å².